The number of nitrogens with two attached hydrogens (primary N) is 1. The summed E-state index contributed by atoms with van der Waals surface area (Å²) in [6.07, 6.45) is 2.74. The first-order valence-electron chi connectivity index (χ1n) is 9.26. The van der Waals surface area contributed by atoms with Crippen LogP contribution in [0.25, 0.3) is 11.1 Å². The van der Waals surface area contributed by atoms with Crippen molar-refractivity contribution in [3.05, 3.63) is 24.3 Å². The Morgan fingerprint density at radius 3 is 2.76 bits per heavy atom. The van der Waals surface area contributed by atoms with Crippen LogP contribution in [0.4, 0.5) is 6.01 Å². The van der Waals surface area contributed by atoms with Crippen LogP contribution in [0.3, 0.4) is 0 Å². The minimum Gasteiger partial charge on any atom is -0.423 e. The highest BCUT2D eigenvalue weighted by molar-refractivity contribution is 5.80. The number of fused-ring (bicyclic) bond motifs is 1. The lowest BCUT2D eigenvalue weighted by molar-refractivity contribution is -0.136. The first kappa shape index (κ1) is 16.4. The van der Waals surface area contributed by atoms with E-state index in [-0.39, 0.29) is 5.92 Å². The van der Waals surface area contributed by atoms with Crippen LogP contribution in [0.15, 0.2) is 28.7 Å². The summed E-state index contributed by atoms with van der Waals surface area (Å²) in [5.41, 5.74) is 7.49. The molecule has 0 radical (unpaired) electrons. The Hall–Kier alpha value is -2.08. The van der Waals surface area contributed by atoms with E-state index in [4.69, 9.17) is 10.2 Å². The van der Waals surface area contributed by atoms with Crippen LogP contribution >= 0.6 is 0 Å². The van der Waals surface area contributed by atoms with Crippen LogP contribution in [0.5, 0.6) is 0 Å². The van der Waals surface area contributed by atoms with Crippen molar-refractivity contribution in [3.63, 3.8) is 0 Å². The third kappa shape index (κ3) is 3.11. The van der Waals surface area contributed by atoms with Gasteiger partial charge in [-0.15, -0.1) is 0 Å². The summed E-state index contributed by atoms with van der Waals surface area (Å²) >= 11 is 0. The average Bonchev–Trinajstić information content (AvgIpc) is 3.24. The van der Waals surface area contributed by atoms with Crippen LogP contribution < -0.4 is 10.6 Å². The van der Waals surface area contributed by atoms with Gasteiger partial charge in [0, 0.05) is 31.6 Å². The molecule has 1 amide bonds. The number of nitrogens with zero attached hydrogens (tertiary/aromatic N) is 3. The van der Waals surface area contributed by atoms with Gasteiger partial charge in [-0.05, 0) is 50.8 Å². The highest BCUT2D eigenvalue weighted by Crippen LogP contribution is 2.30. The molecule has 1 aromatic heterocycles. The van der Waals surface area contributed by atoms with E-state index in [2.05, 4.69) is 21.7 Å². The molecule has 2 aromatic rings. The maximum Gasteiger partial charge on any atom is 0.298 e. The number of carbonyl (C=O) groups is 1. The molecule has 2 aliphatic heterocycles. The molecule has 6 nitrogen and oxygen atoms in total. The van der Waals surface area contributed by atoms with Crippen molar-refractivity contribution in [2.45, 2.75) is 32.2 Å². The summed E-state index contributed by atoms with van der Waals surface area (Å²) in [6, 6.07) is 8.80. The zero-order valence-corrected chi connectivity index (χ0v) is 14.7. The molecule has 0 spiro atoms. The van der Waals surface area contributed by atoms with Crippen molar-refractivity contribution in [1.82, 2.24) is 9.88 Å². The van der Waals surface area contributed by atoms with Gasteiger partial charge < -0.3 is 20.0 Å². The van der Waals surface area contributed by atoms with E-state index < -0.39 is 0 Å². The molecule has 1 aromatic carbocycles. The standard InChI is InChI=1S/C19H26N4O2/c1-13-10-14(11-20)12-23(13)18(24)15-6-8-22(9-7-15)19-21-16-4-2-3-5-17(16)25-19/h2-5,13-15H,6-12,20H2,1H3. The number of aromatic nitrogens is 1. The smallest absolute Gasteiger partial charge is 0.298 e. The van der Waals surface area contributed by atoms with Gasteiger partial charge in [0.1, 0.15) is 5.52 Å². The molecule has 2 N–H and O–H groups in total. The first-order valence-corrected chi connectivity index (χ1v) is 9.26. The molecular weight excluding hydrogens is 316 g/mol. The Morgan fingerprint density at radius 1 is 1.32 bits per heavy atom. The minimum absolute atomic E-state index is 0.111. The molecule has 2 fully saturated rings. The number of piperidine rings is 1. The molecule has 2 unspecified atom stereocenters. The van der Waals surface area contributed by atoms with Gasteiger partial charge in [-0.2, -0.15) is 4.98 Å². The van der Waals surface area contributed by atoms with E-state index in [1.807, 2.05) is 24.3 Å². The fourth-order valence-electron chi connectivity index (χ4n) is 4.17. The van der Waals surface area contributed by atoms with Crippen molar-refractivity contribution in [1.29, 1.82) is 0 Å². The number of hydrogen-bond donors (Lipinski definition) is 1. The predicted octanol–water partition coefficient (Wildman–Crippen LogP) is 2.24. The Balaban J connectivity index is 1.38. The maximum absolute atomic E-state index is 12.9. The lowest BCUT2D eigenvalue weighted by atomic mass is 9.95. The average molecular weight is 342 g/mol. The van der Waals surface area contributed by atoms with E-state index in [0.717, 1.165) is 50.0 Å². The molecule has 0 saturated carbocycles. The number of carbonyl (C=O) groups excluding carboxylic acids is 1. The molecule has 134 valence electrons. The maximum atomic E-state index is 12.9. The van der Waals surface area contributed by atoms with Gasteiger partial charge in [0.15, 0.2) is 5.58 Å². The number of oxazole rings is 1. The summed E-state index contributed by atoms with van der Waals surface area (Å²) in [6.45, 7) is 5.25. The van der Waals surface area contributed by atoms with E-state index in [1.165, 1.54) is 0 Å². The first-order chi connectivity index (χ1) is 12.2. The third-order valence-corrected chi connectivity index (χ3v) is 5.68. The molecule has 4 rings (SSSR count). The number of para-hydroxylation sites is 2. The molecule has 25 heavy (non-hydrogen) atoms. The van der Waals surface area contributed by atoms with Crippen LogP contribution in [0.1, 0.15) is 26.2 Å². The lowest BCUT2D eigenvalue weighted by Crippen LogP contribution is -2.44. The van der Waals surface area contributed by atoms with Gasteiger partial charge >= 0.3 is 0 Å². The molecule has 0 bridgehead atoms. The Morgan fingerprint density at radius 2 is 2.08 bits per heavy atom. The fraction of sp³-hybridized carbons (Fsp3) is 0.579. The van der Waals surface area contributed by atoms with Crippen molar-refractivity contribution < 1.29 is 9.21 Å². The molecule has 2 atom stereocenters. The highest BCUT2D eigenvalue weighted by atomic mass is 16.4. The van der Waals surface area contributed by atoms with Crippen molar-refractivity contribution >= 4 is 23.0 Å². The van der Waals surface area contributed by atoms with Gasteiger partial charge in [0.25, 0.3) is 6.01 Å². The second-order valence-corrected chi connectivity index (χ2v) is 7.40. The summed E-state index contributed by atoms with van der Waals surface area (Å²) in [5, 5.41) is 0. The van der Waals surface area contributed by atoms with E-state index in [0.29, 0.717) is 30.4 Å². The lowest BCUT2D eigenvalue weighted by Gasteiger charge is -2.33. The molecular formula is C19H26N4O2. The Labute approximate surface area is 148 Å². The number of hydrogen-bond acceptors (Lipinski definition) is 5. The van der Waals surface area contributed by atoms with Crippen molar-refractivity contribution in [2.24, 2.45) is 17.6 Å². The van der Waals surface area contributed by atoms with Crippen molar-refractivity contribution in [3.8, 4) is 0 Å². The van der Waals surface area contributed by atoms with Gasteiger partial charge in [-0.3, -0.25) is 4.79 Å². The Bertz CT molecular complexity index is 718. The summed E-state index contributed by atoms with van der Waals surface area (Å²) in [5.74, 6) is 0.874. The minimum atomic E-state index is 0.111. The quantitative estimate of drug-likeness (QED) is 0.926. The predicted molar refractivity (Wildman–Crippen MR) is 97.3 cm³/mol. The molecule has 2 aliphatic rings. The zero-order valence-electron chi connectivity index (χ0n) is 14.7. The largest absolute Gasteiger partial charge is 0.423 e. The van der Waals surface area contributed by atoms with E-state index in [1.54, 1.807) is 0 Å². The van der Waals surface area contributed by atoms with E-state index >= 15 is 0 Å². The normalized spacial score (nSPS) is 25.0. The van der Waals surface area contributed by atoms with E-state index in [9.17, 15) is 4.79 Å². The SMILES string of the molecule is CC1CC(CN)CN1C(=O)C1CCN(c2nc3ccccc3o2)CC1. The molecule has 0 aliphatic carbocycles. The van der Waals surface area contributed by atoms with Gasteiger partial charge in [0.05, 0.1) is 0 Å². The second-order valence-electron chi connectivity index (χ2n) is 7.40. The highest BCUT2D eigenvalue weighted by Gasteiger charge is 2.36. The van der Waals surface area contributed by atoms with Crippen LogP contribution in [0, 0.1) is 11.8 Å². The number of anilines is 1. The number of likely N-dealkylation sites (tertiary alicyclic amines) is 1. The van der Waals surface area contributed by atoms with Crippen LogP contribution in [-0.2, 0) is 4.79 Å². The molecule has 3 heterocycles. The third-order valence-electron chi connectivity index (χ3n) is 5.68. The summed E-state index contributed by atoms with van der Waals surface area (Å²) in [7, 11) is 0. The topological polar surface area (TPSA) is 75.6 Å². The van der Waals surface area contributed by atoms with Crippen molar-refractivity contribution in [2.75, 3.05) is 31.1 Å². The summed E-state index contributed by atoms with van der Waals surface area (Å²) in [4.78, 5) is 21.7. The number of amides is 1. The molecule has 6 heteroatoms. The second kappa shape index (κ2) is 6.67. The van der Waals surface area contributed by atoms with Gasteiger partial charge in [0.2, 0.25) is 5.91 Å². The number of rotatable bonds is 3. The summed E-state index contributed by atoms with van der Waals surface area (Å²) < 4.78 is 5.85. The molecule has 2 saturated heterocycles. The Kier molecular flexibility index (Phi) is 4.37. The number of benzene rings is 1. The van der Waals surface area contributed by atoms with Crippen LogP contribution in [0.2, 0.25) is 0 Å². The van der Waals surface area contributed by atoms with Gasteiger partial charge in [-0.1, -0.05) is 12.1 Å². The fourth-order valence-corrected chi connectivity index (χ4v) is 4.17. The monoisotopic (exact) mass is 342 g/mol. The zero-order chi connectivity index (χ0) is 17.4. The van der Waals surface area contributed by atoms with Gasteiger partial charge in [-0.25, -0.2) is 0 Å². The van der Waals surface area contributed by atoms with Crippen LogP contribution in [-0.4, -0.2) is 48.0 Å².